The summed E-state index contributed by atoms with van der Waals surface area (Å²) in [6.07, 6.45) is 7.71. The zero-order valence-electron chi connectivity index (χ0n) is 20.4. The fraction of sp³-hybridized carbons (Fsp3) is 0.926. The van der Waals surface area contributed by atoms with Crippen molar-refractivity contribution in [3.8, 4) is 0 Å². The maximum atomic E-state index is 11.3. The molecule has 0 aromatic carbocycles. The van der Waals surface area contributed by atoms with E-state index in [4.69, 9.17) is 0 Å². The highest BCUT2D eigenvalue weighted by molar-refractivity contribution is 5.15. The summed E-state index contributed by atoms with van der Waals surface area (Å²) in [6.45, 7) is 9.21. The molecule has 0 bridgehead atoms. The van der Waals surface area contributed by atoms with Gasteiger partial charge in [-0.2, -0.15) is 0 Å². The van der Waals surface area contributed by atoms with Gasteiger partial charge in [-0.3, -0.25) is 0 Å². The largest absolute Gasteiger partial charge is 0.396 e. The Hall–Kier alpha value is -0.460. The number of hydrogen-bond acceptors (Lipinski definition) is 5. The first-order valence-corrected chi connectivity index (χ1v) is 13.1. The number of hydrogen-bond donors (Lipinski definition) is 5. The molecule has 4 aliphatic carbocycles. The van der Waals surface area contributed by atoms with Gasteiger partial charge in [-0.25, -0.2) is 0 Å². The molecule has 32 heavy (non-hydrogen) atoms. The Morgan fingerprint density at radius 2 is 1.50 bits per heavy atom. The van der Waals surface area contributed by atoms with Gasteiger partial charge in [0.05, 0.1) is 24.4 Å². The van der Waals surface area contributed by atoms with Gasteiger partial charge >= 0.3 is 0 Å². The van der Waals surface area contributed by atoms with Crippen molar-refractivity contribution in [1.82, 2.24) is 0 Å². The molecule has 0 saturated heterocycles. The molecule has 4 rings (SSSR count). The molecule has 0 aromatic rings. The van der Waals surface area contributed by atoms with E-state index in [1.165, 1.54) is 0 Å². The van der Waals surface area contributed by atoms with Crippen molar-refractivity contribution in [2.24, 2.45) is 52.3 Å². The van der Waals surface area contributed by atoms with E-state index in [2.05, 4.69) is 39.8 Å². The number of allylic oxidation sites excluding steroid dienone is 2. The minimum atomic E-state index is -0.856. The van der Waals surface area contributed by atoms with Crippen molar-refractivity contribution in [3.05, 3.63) is 12.2 Å². The lowest BCUT2D eigenvalue weighted by molar-refractivity contribution is -0.217. The van der Waals surface area contributed by atoms with E-state index in [-0.39, 0.29) is 41.3 Å². The fourth-order valence-electron chi connectivity index (χ4n) is 9.11. The molecule has 13 atom stereocenters. The summed E-state index contributed by atoms with van der Waals surface area (Å²) in [5.74, 6) is 1.65. The molecule has 0 amide bonds. The molecular formula is C27H46O5. The molecule has 184 valence electrons. The molecule has 4 fully saturated rings. The lowest BCUT2D eigenvalue weighted by atomic mass is 9.43. The monoisotopic (exact) mass is 450 g/mol. The van der Waals surface area contributed by atoms with E-state index in [0.29, 0.717) is 36.5 Å². The number of aliphatic hydroxyl groups is 5. The van der Waals surface area contributed by atoms with Crippen molar-refractivity contribution < 1.29 is 25.5 Å². The summed E-state index contributed by atoms with van der Waals surface area (Å²) < 4.78 is 0. The summed E-state index contributed by atoms with van der Waals surface area (Å²) in [4.78, 5) is 0. The zero-order chi connectivity index (χ0) is 23.4. The van der Waals surface area contributed by atoms with Crippen LogP contribution in [-0.4, -0.2) is 56.6 Å². The summed E-state index contributed by atoms with van der Waals surface area (Å²) in [7, 11) is 0. The average Bonchev–Trinajstić information content (AvgIpc) is 3.00. The predicted molar refractivity (Wildman–Crippen MR) is 125 cm³/mol. The van der Waals surface area contributed by atoms with E-state index in [0.717, 1.165) is 32.1 Å². The van der Waals surface area contributed by atoms with Crippen LogP contribution in [-0.2, 0) is 0 Å². The van der Waals surface area contributed by atoms with E-state index in [1.54, 1.807) is 0 Å². The van der Waals surface area contributed by atoms with Gasteiger partial charge < -0.3 is 25.5 Å². The minimum Gasteiger partial charge on any atom is -0.396 e. The van der Waals surface area contributed by atoms with Crippen molar-refractivity contribution in [2.45, 2.75) is 97.1 Å². The Labute approximate surface area is 193 Å². The molecule has 0 aromatic heterocycles. The third-order valence-electron chi connectivity index (χ3n) is 10.7. The van der Waals surface area contributed by atoms with Gasteiger partial charge in [0.25, 0.3) is 0 Å². The minimum absolute atomic E-state index is 0.0419. The third kappa shape index (κ3) is 3.80. The van der Waals surface area contributed by atoms with Crippen LogP contribution in [0, 0.1) is 52.3 Å². The molecule has 5 heteroatoms. The van der Waals surface area contributed by atoms with E-state index >= 15 is 0 Å². The predicted octanol–water partition coefficient (Wildman–Crippen LogP) is 3.13. The number of rotatable bonds is 5. The molecule has 0 spiro atoms. The van der Waals surface area contributed by atoms with Gasteiger partial charge in [0.15, 0.2) is 0 Å². The zero-order valence-corrected chi connectivity index (χ0v) is 20.4. The molecule has 8 unspecified atom stereocenters. The van der Waals surface area contributed by atoms with Crippen molar-refractivity contribution in [2.75, 3.05) is 6.61 Å². The van der Waals surface area contributed by atoms with Gasteiger partial charge in [0.1, 0.15) is 0 Å². The topological polar surface area (TPSA) is 101 Å². The highest BCUT2D eigenvalue weighted by atomic mass is 16.3. The van der Waals surface area contributed by atoms with Gasteiger partial charge in [-0.1, -0.05) is 39.8 Å². The van der Waals surface area contributed by atoms with Gasteiger partial charge in [0.2, 0.25) is 0 Å². The van der Waals surface area contributed by atoms with Crippen LogP contribution in [0.1, 0.15) is 72.6 Å². The fourth-order valence-corrected chi connectivity index (χ4v) is 9.11. The average molecular weight is 451 g/mol. The highest BCUT2D eigenvalue weighted by Gasteiger charge is 2.65. The van der Waals surface area contributed by atoms with Crippen LogP contribution in [0.5, 0.6) is 0 Å². The second kappa shape index (κ2) is 8.96. The summed E-state index contributed by atoms with van der Waals surface area (Å²) >= 11 is 0. The van der Waals surface area contributed by atoms with Crippen LogP contribution in [0.25, 0.3) is 0 Å². The molecular weight excluding hydrogens is 404 g/mol. The summed E-state index contributed by atoms with van der Waals surface area (Å²) in [5.41, 5.74) is -0.147. The highest BCUT2D eigenvalue weighted by Crippen LogP contribution is 2.68. The SMILES string of the molecule is CC(/C=C/C(C)C1C[C@@H](O)C2[C@@H]3CC(O)C4C(O)[C@@H](O)CC[C@]4(C)C3CC[C@]12C)CCO. The van der Waals surface area contributed by atoms with Crippen LogP contribution in [0.3, 0.4) is 0 Å². The van der Waals surface area contributed by atoms with E-state index < -0.39 is 18.3 Å². The first-order valence-electron chi connectivity index (χ1n) is 13.1. The second-order valence-electron chi connectivity index (χ2n) is 12.4. The van der Waals surface area contributed by atoms with Crippen LogP contribution < -0.4 is 0 Å². The third-order valence-corrected chi connectivity index (χ3v) is 10.7. The number of fused-ring (bicyclic) bond motifs is 5. The Morgan fingerprint density at radius 1 is 0.844 bits per heavy atom. The Bertz CT molecular complexity index is 696. The standard InChI is InChI=1S/C27H46O5/c1-15(9-12-28)5-6-16(2)19-14-22(31)23-17-13-21(30)24-25(32)20(29)8-11-26(24,3)18(17)7-10-27(19,23)4/h5-6,15-25,28-32H,7-14H2,1-4H3/b6-5+/t15?,16?,17-,18?,19?,20+,21?,22-,23?,24?,25?,26-,27-/m1/s1. The Balaban J connectivity index is 1.58. The van der Waals surface area contributed by atoms with Gasteiger partial charge in [0, 0.05) is 12.5 Å². The Kier molecular flexibility index (Phi) is 6.90. The quantitative estimate of drug-likeness (QED) is 0.414. The first-order chi connectivity index (χ1) is 15.0. The summed E-state index contributed by atoms with van der Waals surface area (Å²) in [5, 5.41) is 52.7. The lowest BCUT2D eigenvalue weighted by Gasteiger charge is -2.63. The Morgan fingerprint density at radius 3 is 2.19 bits per heavy atom. The van der Waals surface area contributed by atoms with E-state index in [9.17, 15) is 25.5 Å². The molecule has 5 N–H and O–H groups in total. The number of aliphatic hydroxyl groups excluding tert-OH is 5. The van der Waals surface area contributed by atoms with E-state index in [1.807, 2.05) is 0 Å². The second-order valence-corrected chi connectivity index (χ2v) is 12.4. The summed E-state index contributed by atoms with van der Waals surface area (Å²) in [6, 6.07) is 0. The van der Waals surface area contributed by atoms with Crippen molar-refractivity contribution in [1.29, 1.82) is 0 Å². The maximum Gasteiger partial charge on any atom is 0.0857 e. The molecule has 0 heterocycles. The van der Waals surface area contributed by atoms with Crippen molar-refractivity contribution in [3.63, 3.8) is 0 Å². The van der Waals surface area contributed by atoms with Gasteiger partial charge in [-0.15, -0.1) is 0 Å². The van der Waals surface area contributed by atoms with Crippen LogP contribution >= 0.6 is 0 Å². The molecule has 0 radical (unpaired) electrons. The normalized spacial score (nSPS) is 52.8. The first kappa shape index (κ1) is 24.7. The van der Waals surface area contributed by atoms with Crippen LogP contribution in [0.4, 0.5) is 0 Å². The molecule has 4 aliphatic rings. The van der Waals surface area contributed by atoms with Crippen LogP contribution in [0.2, 0.25) is 0 Å². The smallest absolute Gasteiger partial charge is 0.0857 e. The van der Waals surface area contributed by atoms with Crippen molar-refractivity contribution >= 4 is 0 Å². The molecule has 0 aliphatic heterocycles. The lowest BCUT2D eigenvalue weighted by Crippen LogP contribution is -2.63. The molecule has 5 nitrogen and oxygen atoms in total. The van der Waals surface area contributed by atoms with Gasteiger partial charge in [-0.05, 0) is 91.3 Å². The van der Waals surface area contributed by atoms with Crippen LogP contribution in [0.15, 0.2) is 12.2 Å². The maximum absolute atomic E-state index is 11.3. The molecule has 4 saturated carbocycles.